The minimum absolute atomic E-state index is 0.485. The van der Waals surface area contributed by atoms with Crippen molar-refractivity contribution < 1.29 is 4.74 Å². The topological polar surface area (TPSA) is 38.5 Å². The minimum Gasteiger partial charge on any atom is -0.398 e. The molecule has 19 heavy (non-hydrogen) atoms. The van der Waals surface area contributed by atoms with Crippen molar-refractivity contribution in [2.24, 2.45) is 0 Å². The highest BCUT2D eigenvalue weighted by atomic mass is 16.5. The maximum absolute atomic E-state index is 6.13. The Hall–Kier alpha value is -1.06. The number of hydrogen-bond donors (Lipinski definition) is 1. The normalized spacial score (nSPS) is 28.1. The second-order valence-corrected chi connectivity index (χ2v) is 5.87. The van der Waals surface area contributed by atoms with Gasteiger partial charge in [0.25, 0.3) is 0 Å². The number of rotatable bonds is 2. The van der Waals surface area contributed by atoms with E-state index in [9.17, 15) is 0 Å². The number of hydrogen-bond acceptors (Lipinski definition) is 3. The summed E-state index contributed by atoms with van der Waals surface area (Å²) in [5.74, 6) is 0. The van der Waals surface area contributed by atoms with Gasteiger partial charge in [-0.05, 0) is 49.3 Å². The molecule has 1 fully saturated rings. The van der Waals surface area contributed by atoms with E-state index in [-0.39, 0.29) is 0 Å². The fourth-order valence-electron chi connectivity index (χ4n) is 3.59. The van der Waals surface area contributed by atoms with Gasteiger partial charge in [-0.2, -0.15) is 0 Å². The van der Waals surface area contributed by atoms with Gasteiger partial charge in [0.15, 0.2) is 0 Å². The van der Waals surface area contributed by atoms with Crippen molar-refractivity contribution in [1.29, 1.82) is 0 Å². The number of ether oxygens (including phenoxy) is 1. The zero-order valence-corrected chi connectivity index (χ0v) is 11.8. The Morgan fingerprint density at radius 2 is 2.00 bits per heavy atom. The molecule has 1 aliphatic carbocycles. The van der Waals surface area contributed by atoms with Gasteiger partial charge in [0.2, 0.25) is 0 Å². The first-order valence-electron chi connectivity index (χ1n) is 7.41. The Kier molecular flexibility index (Phi) is 3.76. The molecule has 0 bridgehead atoms. The Morgan fingerprint density at radius 1 is 1.21 bits per heavy atom. The van der Waals surface area contributed by atoms with E-state index < -0.39 is 0 Å². The molecule has 2 N–H and O–H groups in total. The molecular weight excluding hydrogens is 236 g/mol. The van der Waals surface area contributed by atoms with E-state index in [4.69, 9.17) is 10.5 Å². The van der Waals surface area contributed by atoms with Gasteiger partial charge >= 0.3 is 0 Å². The summed E-state index contributed by atoms with van der Waals surface area (Å²) in [4.78, 5) is 2.63. The molecule has 3 nitrogen and oxygen atoms in total. The summed E-state index contributed by atoms with van der Waals surface area (Å²) >= 11 is 0. The number of methoxy groups -OCH3 is 1. The lowest BCUT2D eigenvalue weighted by molar-refractivity contribution is 0.0351. The predicted molar refractivity (Wildman–Crippen MR) is 78.0 cm³/mol. The fraction of sp³-hybridized carbons (Fsp3) is 0.625. The van der Waals surface area contributed by atoms with Crippen LogP contribution in [0.2, 0.25) is 0 Å². The van der Waals surface area contributed by atoms with Crippen molar-refractivity contribution in [1.82, 2.24) is 4.90 Å². The summed E-state index contributed by atoms with van der Waals surface area (Å²) < 4.78 is 5.46. The number of fused-ring (bicyclic) bond motifs is 1. The van der Waals surface area contributed by atoms with Crippen molar-refractivity contribution in [2.75, 3.05) is 19.4 Å². The van der Waals surface area contributed by atoms with Crippen molar-refractivity contribution in [3.8, 4) is 0 Å². The maximum Gasteiger partial charge on any atom is 0.0572 e. The van der Waals surface area contributed by atoms with Crippen LogP contribution in [0.5, 0.6) is 0 Å². The lowest BCUT2D eigenvalue weighted by atomic mass is 9.89. The van der Waals surface area contributed by atoms with Crippen LogP contribution in [0.4, 0.5) is 5.69 Å². The van der Waals surface area contributed by atoms with E-state index in [0.717, 1.165) is 24.7 Å². The molecule has 1 saturated carbocycles. The third-order valence-corrected chi connectivity index (χ3v) is 4.83. The molecule has 0 amide bonds. The SMILES string of the molecule is COC1CCC(N2CCc3cccc(N)c3C2)CC1. The van der Waals surface area contributed by atoms with Crippen LogP contribution in [-0.4, -0.2) is 30.7 Å². The summed E-state index contributed by atoms with van der Waals surface area (Å²) in [5.41, 5.74) is 9.91. The molecule has 104 valence electrons. The summed E-state index contributed by atoms with van der Waals surface area (Å²) in [6.07, 6.45) is 6.56. The molecule has 3 heteroatoms. The van der Waals surface area contributed by atoms with Gasteiger partial charge < -0.3 is 10.5 Å². The molecule has 0 atom stereocenters. The standard InChI is InChI=1S/C16H24N2O/c1-19-14-7-5-13(6-8-14)18-10-9-12-3-2-4-16(17)15(12)11-18/h2-4,13-14H,5-11,17H2,1H3. The zero-order chi connectivity index (χ0) is 13.2. The van der Waals surface area contributed by atoms with Gasteiger partial charge in [-0.15, -0.1) is 0 Å². The molecule has 1 aromatic rings. The summed E-state index contributed by atoms with van der Waals surface area (Å²) in [6, 6.07) is 7.06. The Bertz CT molecular complexity index is 438. The van der Waals surface area contributed by atoms with Crippen LogP contribution in [0.1, 0.15) is 36.8 Å². The molecule has 0 aromatic heterocycles. The zero-order valence-electron chi connectivity index (χ0n) is 11.8. The Labute approximate surface area is 115 Å². The van der Waals surface area contributed by atoms with E-state index >= 15 is 0 Å². The first-order valence-corrected chi connectivity index (χ1v) is 7.41. The number of benzene rings is 1. The Morgan fingerprint density at radius 3 is 2.74 bits per heavy atom. The third-order valence-electron chi connectivity index (χ3n) is 4.83. The van der Waals surface area contributed by atoms with Crippen LogP contribution in [-0.2, 0) is 17.7 Å². The van der Waals surface area contributed by atoms with Gasteiger partial charge in [0.05, 0.1) is 6.10 Å². The van der Waals surface area contributed by atoms with Crippen LogP contribution >= 0.6 is 0 Å². The van der Waals surface area contributed by atoms with Crippen molar-refractivity contribution in [3.63, 3.8) is 0 Å². The number of anilines is 1. The summed E-state index contributed by atoms with van der Waals surface area (Å²) in [7, 11) is 1.84. The van der Waals surface area contributed by atoms with Crippen LogP contribution in [0, 0.1) is 0 Å². The number of nitrogens with zero attached hydrogens (tertiary/aromatic N) is 1. The van der Waals surface area contributed by atoms with E-state index in [1.165, 1.54) is 43.4 Å². The van der Waals surface area contributed by atoms with E-state index in [1.54, 1.807) is 0 Å². The molecule has 0 saturated heterocycles. The number of nitrogen functional groups attached to an aromatic ring is 1. The van der Waals surface area contributed by atoms with Gasteiger partial charge in [-0.3, -0.25) is 4.90 Å². The molecule has 0 unspecified atom stereocenters. The monoisotopic (exact) mass is 260 g/mol. The maximum atomic E-state index is 6.13. The largest absolute Gasteiger partial charge is 0.398 e. The van der Waals surface area contributed by atoms with Crippen molar-refractivity contribution in [3.05, 3.63) is 29.3 Å². The lowest BCUT2D eigenvalue weighted by Crippen LogP contribution is -2.42. The highest BCUT2D eigenvalue weighted by Crippen LogP contribution is 2.30. The second-order valence-electron chi connectivity index (χ2n) is 5.87. The molecule has 2 aliphatic rings. The van der Waals surface area contributed by atoms with E-state index in [2.05, 4.69) is 17.0 Å². The molecule has 0 radical (unpaired) electrons. The quantitative estimate of drug-likeness (QED) is 0.831. The average molecular weight is 260 g/mol. The average Bonchev–Trinajstić information content (AvgIpc) is 2.47. The van der Waals surface area contributed by atoms with Gasteiger partial charge in [0.1, 0.15) is 0 Å². The molecule has 1 aromatic carbocycles. The minimum atomic E-state index is 0.485. The lowest BCUT2D eigenvalue weighted by Gasteiger charge is -2.39. The number of nitrogens with two attached hydrogens (primary N) is 1. The van der Waals surface area contributed by atoms with Crippen molar-refractivity contribution >= 4 is 5.69 Å². The van der Waals surface area contributed by atoms with Crippen molar-refractivity contribution in [2.45, 2.75) is 50.8 Å². The van der Waals surface area contributed by atoms with Crippen LogP contribution in [0.3, 0.4) is 0 Å². The molecular formula is C16H24N2O. The first-order chi connectivity index (χ1) is 9.28. The van der Waals surface area contributed by atoms with Crippen LogP contribution in [0.15, 0.2) is 18.2 Å². The van der Waals surface area contributed by atoms with Crippen LogP contribution < -0.4 is 5.73 Å². The van der Waals surface area contributed by atoms with Gasteiger partial charge in [-0.25, -0.2) is 0 Å². The summed E-state index contributed by atoms with van der Waals surface area (Å²) in [5, 5.41) is 0. The molecule has 0 spiro atoms. The highest BCUT2D eigenvalue weighted by molar-refractivity contribution is 5.51. The van der Waals surface area contributed by atoms with E-state index in [0.29, 0.717) is 6.10 Å². The van der Waals surface area contributed by atoms with Crippen LogP contribution in [0.25, 0.3) is 0 Å². The molecule has 1 aliphatic heterocycles. The van der Waals surface area contributed by atoms with Gasteiger partial charge in [0, 0.05) is 31.9 Å². The van der Waals surface area contributed by atoms with E-state index in [1.807, 2.05) is 13.2 Å². The first kappa shape index (κ1) is 12.9. The van der Waals surface area contributed by atoms with Gasteiger partial charge in [-0.1, -0.05) is 12.1 Å². The molecule has 1 heterocycles. The predicted octanol–water partition coefficient (Wildman–Crippen LogP) is 2.58. The third kappa shape index (κ3) is 2.63. The highest BCUT2D eigenvalue weighted by Gasteiger charge is 2.28. The molecule has 3 rings (SSSR count). The fourth-order valence-corrected chi connectivity index (χ4v) is 3.59. The Balaban J connectivity index is 1.67. The summed E-state index contributed by atoms with van der Waals surface area (Å²) in [6.45, 7) is 2.21. The second kappa shape index (κ2) is 5.51. The smallest absolute Gasteiger partial charge is 0.0572 e.